The van der Waals surface area contributed by atoms with E-state index in [0.717, 1.165) is 4.68 Å². The van der Waals surface area contributed by atoms with Crippen LogP contribution in [0.15, 0.2) is 30.7 Å². The zero-order valence-corrected chi connectivity index (χ0v) is 9.57. The number of nitrogens with zero attached hydrogens (tertiary/aromatic N) is 3. The molecule has 0 radical (unpaired) electrons. The molecule has 0 aromatic carbocycles. The van der Waals surface area contributed by atoms with Crippen LogP contribution in [0.1, 0.15) is 12.6 Å². The van der Waals surface area contributed by atoms with Crippen molar-refractivity contribution in [1.82, 2.24) is 14.8 Å². The van der Waals surface area contributed by atoms with E-state index in [1.165, 1.54) is 12.4 Å². The standard InChI is InChI=1S/C11H11F3N4/c1-2-16-9-7-18(8-4-3-5-15-6-8)17-10(9)11(12,13)14/h3-7,16H,2H2,1H3. The maximum atomic E-state index is 12.8. The third kappa shape index (κ3) is 2.44. The highest BCUT2D eigenvalue weighted by Gasteiger charge is 2.37. The Hall–Kier alpha value is -2.05. The number of hydrogen-bond acceptors (Lipinski definition) is 3. The van der Waals surface area contributed by atoms with Crippen molar-refractivity contribution in [1.29, 1.82) is 0 Å². The predicted molar refractivity (Wildman–Crippen MR) is 60.5 cm³/mol. The minimum atomic E-state index is -4.48. The molecule has 0 aliphatic carbocycles. The van der Waals surface area contributed by atoms with Crippen LogP contribution in [0.3, 0.4) is 0 Å². The average molecular weight is 256 g/mol. The molecule has 0 spiro atoms. The van der Waals surface area contributed by atoms with Gasteiger partial charge in [0.05, 0.1) is 23.8 Å². The van der Waals surface area contributed by atoms with Gasteiger partial charge in [-0.1, -0.05) is 0 Å². The number of anilines is 1. The number of hydrogen-bond donors (Lipinski definition) is 1. The third-order valence-electron chi connectivity index (χ3n) is 2.26. The molecule has 0 saturated heterocycles. The molecule has 18 heavy (non-hydrogen) atoms. The first-order valence-corrected chi connectivity index (χ1v) is 5.33. The van der Waals surface area contributed by atoms with Gasteiger partial charge in [-0.25, -0.2) is 4.68 Å². The molecule has 0 amide bonds. The van der Waals surface area contributed by atoms with Gasteiger partial charge >= 0.3 is 6.18 Å². The van der Waals surface area contributed by atoms with E-state index in [1.807, 2.05) is 0 Å². The summed E-state index contributed by atoms with van der Waals surface area (Å²) in [7, 11) is 0. The lowest BCUT2D eigenvalue weighted by molar-refractivity contribution is -0.140. The number of alkyl halides is 3. The van der Waals surface area contributed by atoms with E-state index in [9.17, 15) is 13.2 Å². The summed E-state index contributed by atoms with van der Waals surface area (Å²) in [5, 5.41) is 6.21. The second kappa shape index (κ2) is 4.67. The van der Waals surface area contributed by atoms with E-state index >= 15 is 0 Å². The Labute approximate surface area is 101 Å². The summed E-state index contributed by atoms with van der Waals surface area (Å²) in [5.74, 6) is 0. The molecule has 2 aromatic rings. The van der Waals surface area contributed by atoms with Crippen LogP contribution in [-0.2, 0) is 6.18 Å². The van der Waals surface area contributed by atoms with Gasteiger partial charge in [0.1, 0.15) is 0 Å². The van der Waals surface area contributed by atoms with Gasteiger partial charge < -0.3 is 5.32 Å². The van der Waals surface area contributed by atoms with Gasteiger partial charge in [0, 0.05) is 12.7 Å². The van der Waals surface area contributed by atoms with Crippen LogP contribution in [0.25, 0.3) is 5.69 Å². The first kappa shape index (κ1) is 12.4. The minimum Gasteiger partial charge on any atom is -0.382 e. The van der Waals surface area contributed by atoms with Gasteiger partial charge in [-0.3, -0.25) is 4.98 Å². The van der Waals surface area contributed by atoms with E-state index in [4.69, 9.17) is 0 Å². The van der Waals surface area contributed by atoms with Crippen molar-refractivity contribution in [2.75, 3.05) is 11.9 Å². The zero-order valence-electron chi connectivity index (χ0n) is 9.57. The summed E-state index contributed by atoms with van der Waals surface area (Å²) in [5.41, 5.74) is -0.478. The molecule has 0 unspecified atom stereocenters. The van der Waals surface area contributed by atoms with Gasteiger partial charge in [0.25, 0.3) is 0 Å². The molecule has 0 aliphatic rings. The summed E-state index contributed by atoms with van der Waals surface area (Å²) in [6.45, 7) is 2.11. The second-order valence-electron chi connectivity index (χ2n) is 3.58. The van der Waals surface area contributed by atoms with Crippen LogP contribution in [0, 0.1) is 0 Å². The number of rotatable bonds is 3. The topological polar surface area (TPSA) is 42.7 Å². The Balaban J connectivity index is 2.46. The van der Waals surface area contributed by atoms with Crippen molar-refractivity contribution in [3.05, 3.63) is 36.4 Å². The van der Waals surface area contributed by atoms with Crippen molar-refractivity contribution < 1.29 is 13.2 Å². The number of pyridine rings is 1. The van der Waals surface area contributed by atoms with Crippen LogP contribution >= 0.6 is 0 Å². The van der Waals surface area contributed by atoms with E-state index in [-0.39, 0.29) is 5.69 Å². The highest BCUT2D eigenvalue weighted by atomic mass is 19.4. The molecular formula is C11H11F3N4. The lowest BCUT2D eigenvalue weighted by Gasteiger charge is -2.05. The van der Waals surface area contributed by atoms with E-state index in [1.54, 1.807) is 25.3 Å². The summed E-state index contributed by atoms with van der Waals surface area (Å²) in [6.07, 6.45) is -0.181. The fraction of sp³-hybridized carbons (Fsp3) is 0.273. The Morgan fingerprint density at radius 2 is 2.17 bits per heavy atom. The van der Waals surface area contributed by atoms with Gasteiger partial charge in [-0.15, -0.1) is 0 Å². The maximum Gasteiger partial charge on any atom is 0.437 e. The highest BCUT2D eigenvalue weighted by molar-refractivity contribution is 5.49. The summed E-state index contributed by atoms with van der Waals surface area (Å²) in [4.78, 5) is 3.85. The summed E-state index contributed by atoms with van der Waals surface area (Å²) >= 11 is 0. The molecule has 96 valence electrons. The Morgan fingerprint density at radius 1 is 1.39 bits per heavy atom. The molecule has 0 bridgehead atoms. The van der Waals surface area contributed by atoms with Crippen molar-refractivity contribution >= 4 is 5.69 Å². The van der Waals surface area contributed by atoms with Gasteiger partial charge in [0.2, 0.25) is 0 Å². The highest BCUT2D eigenvalue weighted by Crippen LogP contribution is 2.34. The normalized spacial score (nSPS) is 11.6. The largest absolute Gasteiger partial charge is 0.437 e. The quantitative estimate of drug-likeness (QED) is 0.918. The van der Waals surface area contributed by atoms with Gasteiger partial charge in [0.15, 0.2) is 5.69 Å². The SMILES string of the molecule is CCNc1cn(-c2cccnc2)nc1C(F)(F)F. The first-order chi connectivity index (χ1) is 8.52. The Kier molecular flexibility index (Phi) is 3.22. The molecule has 0 fully saturated rings. The van der Waals surface area contributed by atoms with Gasteiger partial charge in [-0.05, 0) is 19.1 Å². The summed E-state index contributed by atoms with van der Waals surface area (Å²) < 4.78 is 39.5. The van der Waals surface area contributed by atoms with Crippen LogP contribution in [-0.4, -0.2) is 21.3 Å². The number of aromatic nitrogens is 3. The average Bonchev–Trinajstić information content (AvgIpc) is 2.75. The number of nitrogens with one attached hydrogen (secondary N) is 1. The molecule has 0 aliphatic heterocycles. The zero-order chi connectivity index (χ0) is 13.2. The second-order valence-corrected chi connectivity index (χ2v) is 3.58. The van der Waals surface area contributed by atoms with Crippen molar-refractivity contribution in [3.8, 4) is 5.69 Å². The number of halogens is 3. The molecule has 2 rings (SSSR count). The van der Waals surface area contributed by atoms with Crippen molar-refractivity contribution in [3.63, 3.8) is 0 Å². The van der Waals surface area contributed by atoms with Crippen molar-refractivity contribution in [2.45, 2.75) is 13.1 Å². The van der Waals surface area contributed by atoms with Crippen LogP contribution < -0.4 is 5.32 Å². The van der Waals surface area contributed by atoms with Crippen LogP contribution in [0.2, 0.25) is 0 Å². The maximum absolute atomic E-state index is 12.8. The molecule has 7 heteroatoms. The van der Waals surface area contributed by atoms with Crippen LogP contribution in [0.4, 0.5) is 18.9 Å². The van der Waals surface area contributed by atoms with E-state index in [2.05, 4.69) is 15.4 Å². The van der Waals surface area contributed by atoms with Gasteiger partial charge in [-0.2, -0.15) is 18.3 Å². The monoisotopic (exact) mass is 256 g/mol. The van der Waals surface area contributed by atoms with E-state index < -0.39 is 11.9 Å². The first-order valence-electron chi connectivity index (χ1n) is 5.33. The Bertz CT molecular complexity index is 519. The minimum absolute atomic E-state index is 0.0335. The molecule has 0 atom stereocenters. The molecule has 1 N–H and O–H groups in total. The summed E-state index contributed by atoms with van der Waals surface area (Å²) in [6, 6.07) is 3.27. The van der Waals surface area contributed by atoms with E-state index in [0.29, 0.717) is 12.2 Å². The van der Waals surface area contributed by atoms with Crippen molar-refractivity contribution in [2.24, 2.45) is 0 Å². The molecule has 0 saturated carbocycles. The molecule has 2 aromatic heterocycles. The fourth-order valence-electron chi connectivity index (χ4n) is 1.52. The van der Waals surface area contributed by atoms with Crippen LogP contribution in [0.5, 0.6) is 0 Å². The molecular weight excluding hydrogens is 245 g/mol. The Morgan fingerprint density at radius 3 is 2.72 bits per heavy atom. The molecule has 2 heterocycles. The predicted octanol–water partition coefficient (Wildman–Crippen LogP) is 2.72. The fourth-order valence-corrected chi connectivity index (χ4v) is 1.52. The lowest BCUT2D eigenvalue weighted by Crippen LogP contribution is -2.10. The smallest absolute Gasteiger partial charge is 0.382 e. The third-order valence-corrected chi connectivity index (χ3v) is 2.26. The lowest BCUT2D eigenvalue weighted by atomic mass is 10.3. The molecule has 4 nitrogen and oxygen atoms in total.